The highest BCUT2D eigenvalue weighted by atomic mass is 35.5. The van der Waals surface area contributed by atoms with Crippen LogP contribution in [0, 0.1) is 32.1 Å². The van der Waals surface area contributed by atoms with E-state index in [4.69, 9.17) is 31.0 Å². The Hall–Kier alpha value is -6.24. The van der Waals surface area contributed by atoms with Gasteiger partial charge in [0, 0.05) is 34.7 Å². The molecule has 1 aliphatic heterocycles. The maximum Gasteiger partial charge on any atom is 0.272 e. The molecular weight excluding hydrogens is 776 g/mol. The number of carbonyl (C=O) groups is 2. The Bertz CT molecular complexity index is 2530. The molecule has 1 fully saturated rings. The van der Waals surface area contributed by atoms with Crippen molar-refractivity contribution in [3.8, 4) is 16.8 Å². The first kappa shape index (κ1) is 38.6. The number of aromatic nitrogens is 6. The van der Waals surface area contributed by atoms with Gasteiger partial charge in [-0.25, -0.2) is 4.98 Å². The lowest BCUT2D eigenvalue weighted by Crippen LogP contribution is -2.40. The Morgan fingerprint density at radius 3 is 2.53 bits per heavy atom. The number of amides is 2. The molecule has 1 aliphatic carbocycles. The molecule has 0 bridgehead atoms. The zero-order chi connectivity index (χ0) is 40.3. The van der Waals surface area contributed by atoms with Crippen molar-refractivity contribution in [1.82, 2.24) is 40.6 Å². The molecule has 58 heavy (non-hydrogen) atoms. The van der Waals surface area contributed by atoms with Crippen LogP contribution in [-0.4, -0.2) is 59.6 Å². The normalized spacial score (nSPS) is 17.3. The van der Waals surface area contributed by atoms with E-state index in [9.17, 15) is 9.59 Å². The second-order valence-electron chi connectivity index (χ2n) is 14.4. The number of fused-ring (bicyclic) bond motifs is 3. The number of ether oxygens (including phenoxy) is 1. The zero-order valence-electron chi connectivity index (χ0n) is 32.0. The molecular formula is C42H39ClN10O4S. The van der Waals surface area contributed by atoms with Crippen molar-refractivity contribution in [2.75, 3.05) is 0 Å². The molecule has 294 valence electrons. The van der Waals surface area contributed by atoms with Crippen LogP contribution in [0.4, 0.5) is 0 Å². The lowest BCUT2D eigenvalue weighted by molar-refractivity contribution is -0.120. The number of aryl methyl sites for hydroxylation is 2. The average molecular weight is 815 g/mol. The number of aliphatic imine (C=N–C) groups is 1. The number of thiophene rings is 1. The SMILES string of the molecule is Cc1sc2c(c1C)C(c1ccc(CNC(=O)Cc3ccc(C(=O)NC4CCC(Oc5ccc(C#N)c(Cl)c5)CC4)nn3)cc1)=N[C@@H](Cc1ncco1)c1nnc(C)n1-2. The van der Waals surface area contributed by atoms with Crippen LogP contribution in [0.1, 0.15) is 98.1 Å². The van der Waals surface area contributed by atoms with Crippen molar-refractivity contribution in [2.24, 2.45) is 4.99 Å². The summed E-state index contributed by atoms with van der Waals surface area (Å²) in [5.41, 5.74) is 5.97. The van der Waals surface area contributed by atoms with Gasteiger partial charge in [-0.2, -0.15) is 10.4 Å². The number of nitrogens with one attached hydrogen (secondary N) is 2. The van der Waals surface area contributed by atoms with Gasteiger partial charge in [-0.1, -0.05) is 35.9 Å². The third-order valence-corrected chi connectivity index (χ3v) is 12.0. The van der Waals surface area contributed by atoms with E-state index in [0.29, 0.717) is 40.9 Å². The summed E-state index contributed by atoms with van der Waals surface area (Å²) in [6, 6.07) is 18.0. The maximum atomic E-state index is 12.9. The van der Waals surface area contributed by atoms with Crippen molar-refractivity contribution < 1.29 is 18.7 Å². The first-order valence-corrected chi connectivity index (χ1v) is 20.2. The van der Waals surface area contributed by atoms with Gasteiger partial charge in [0.05, 0.1) is 47.1 Å². The summed E-state index contributed by atoms with van der Waals surface area (Å²) in [4.78, 5) is 36.7. The number of hydrogen-bond acceptors (Lipinski definition) is 12. The van der Waals surface area contributed by atoms with Gasteiger partial charge in [0.2, 0.25) is 5.91 Å². The molecule has 2 N–H and O–H groups in total. The number of oxazole rings is 1. The van der Waals surface area contributed by atoms with Gasteiger partial charge in [0.15, 0.2) is 17.4 Å². The predicted octanol–water partition coefficient (Wildman–Crippen LogP) is 6.67. The van der Waals surface area contributed by atoms with E-state index < -0.39 is 0 Å². The van der Waals surface area contributed by atoms with E-state index in [2.05, 4.69) is 54.4 Å². The molecule has 6 aromatic rings. The molecule has 4 aromatic heterocycles. The maximum absolute atomic E-state index is 12.9. The number of rotatable bonds is 11. The van der Waals surface area contributed by atoms with E-state index in [1.54, 1.807) is 54.1 Å². The second kappa shape index (κ2) is 16.7. The number of nitriles is 1. The van der Waals surface area contributed by atoms with Gasteiger partial charge in [-0.3, -0.25) is 19.1 Å². The van der Waals surface area contributed by atoms with E-state index in [-0.39, 0.29) is 42.1 Å². The number of carbonyl (C=O) groups excluding carboxylic acids is 2. The molecule has 2 aliphatic rings. The number of halogens is 1. The van der Waals surface area contributed by atoms with Gasteiger partial charge >= 0.3 is 0 Å². The summed E-state index contributed by atoms with van der Waals surface area (Å²) in [6.07, 6.45) is 6.64. The Labute approximate surface area is 343 Å². The minimum atomic E-state index is -0.367. The summed E-state index contributed by atoms with van der Waals surface area (Å²) in [7, 11) is 0. The summed E-state index contributed by atoms with van der Waals surface area (Å²) in [5.74, 6) is 2.19. The highest BCUT2D eigenvalue weighted by Crippen LogP contribution is 2.39. The van der Waals surface area contributed by atoms with E-state index in [1.807, 2.05) is 37.3 Å². The van der Waals surface area contributed by atoms with Crippen LogP contribution in [0.25, 0.3) is 5.00 Å². The highest BCUT2D eigenvalue weighted by Gasteiger charge is 2.32. The van der Waals surface area contributed by atoms with Crippen LogP contribution in [-0.2, 0) is 24.2 Å². The van der Waals surface area contributed by atoms with Crippen molar-refractivity contribution in [3.63, 3.8) is 0 Å². The van der Waals surface area contributed by atoms with Crippen molar-refractivity contribution in [1.29, 1.82) is 5.26 Å². The molecule has 0 spiro atoms. The van der Waals surface area contributed by atoms with Crippen molar-refractivity contribution in [2.45, 2.75) is 84.0 Å². The summed E-state index contributed by atoms with van der Waals surface area (Å²) in [5, 5.41) is 33.7. The lowest BCUT2D eigenvalue weighted by Gasteiger charge is -2.29. The standard InChI is InChI=1S/C42H39ClN10O4S/c1-23-24(2)58-42-38(23)39(48-35(20-37-45-16-17-56-37)40-52-49-25(3)53(40)42)27-6-4-26(5-7-27)22-46-36(54)18-30-11-15-34(51-50-30)41(55)47-29-9-13-31(14-10-29)57-32-12-8-28(21-44)33(43)19-32/h4-8,11-12,15-17,19,29,31,35H,9-10,13-14,18,20,22H2,1-3H3,(H,46,54)(H,47,55)/t29?,31?,35-/m0/s1. The molecule has 1 saturated carbocycles. The molecule has 1 atom stereocenters. The number of hydrogen-bond donors (Lipinski definition) is 2. The van der Waals surface area contributed by atoms with Crippen LogP contribution in [0.5, 0.6) is 5.75 Å². The molecule has 0 radical (unpaired) electrons. The molecule has 2 amide bonds. The Kier molecular flexibility index (Phi) is 11.1. The third kappa shape index (κ3) is 8.25. The number of nitrogens with zero attached hydrogens (tertiary/aromatic N) is 8. The molecule has 5 heterocycles. The molecule has 2 aromatic carbocycles. The summed E-state index contributed by atoms with van der Waals surface area (Å²) >= 11 is 7.84. The van der Waals surface area contributed by atoms with Gasteiger partial charge in [0.1, 0.15) is 34.9 Å². The van der Waals surface area contributed by atoms with Crippen molar-refractivity contribution >= 4 is 40.5 Å². The summed E-state index contributed by atoms with van der Waals surface area (Å²) < 4.78 is 13.8. The van der Waals surface area contributed by atoms with Gasteiger partial charge in [-0.15, -0.1) is 26.6 Å². The molecule has 0 saturated heterocycles. The quantitative estimate of drug-likeness (QED) is 0.143. The molecule has 0 unspecified atom stereocenters. The Morgan fingerprint density at radius 1 is 1.02 bits per heavy atom. The zero-order valence-corrected chi connectivity index (χ0v) is 33.6. The second-order valence-corrected chi connectivity index (χ2v) is 16.0. The monoisotopic (exact) mass is 814 g/mol. The lowest BCUT2D eigenvalue weighted by atomic mass is 9.93. The summed E-state index contributed by atoms with van der Waals surface area (Å²) in [6.45, 7) is 6.50. The third-order valence-electron chi connectivity index (χ3n) is 10.5. The Morgan fingerprint density at radius 2 is 1.83 bits per heavy atom. The number of benzene rings is 2. The van der Waals surface area contributed by atoms with Crippen LogP contribution >= 0.6 is 22.9 Å². The van der Waals surface area contributed by atoms with Gasteiger partial charge in [-0.05, 0) is 81.8 Å². The van der Waals surface area contributed by atoms with Crippen LogP contribution < -0.4 is 15.4 Å². The smallest absolute Gasteiger partial charge is 0.272 e. The Balaban J connectivity index is 0.851. The first-order chi connectivity index (χ1) is 28.1. The fraction of sp³-hybridized carbons (Fsp3) is 0.310. The van der Waals surface area contributed by atoms with Crippen LogP contribution in [0.2, 0.25) is 5.02 Å². The minimum absolute atomic E-state index is 0.00796. The van der Waals surface area contributed by atoms with Gasteiger partial charge < -0.3 is 19.8 Å². The van der Waals surface area contributed by atoms with Crippen LogP contribution in [0.3, 0.4) is 0 Å². The minimum Gasteiger partial charge on any atom is -0.490 e. The molecule has 14 nitrogen and oxygen atoms in total. The fourth-order valence-corrected chi connectivity index (χ4v) is 8.69. The first-order valence-electron chi connectivity index (χ1n) is 19.0. The topological polar surface area (TPSA) is 186 Å². The molecule has 8 rings (SSSR count). The predicted molar refractivity (Wildman–Crippen MR) is 216 cm³/mol. The average Bonchev–Trinajstić information content (AvgIpc) is 3.93. The van der Waals surface area contributed by atoms with Crippen LogP contribution in [0.15, 0.2) is 76.5 Å². The van der Waals surface area contributed by atoms with E-state index >= 15 is 0 Å². The largest absolute Gasteiger partial charge is 0.490 e. The van der Waals surface area contributed by atoms with Crippen molar-refractivity contribution in [3.05, 3.63) is 134 Å². The van der Waals surface area contributed by atoms with E-state index in [1.165, 1.54) is 4.88 Å². The fourth-order valence-electron chi connectivity index (χ4n) is 7.26. The molecule has 16 heteroatoms. The highest BCUT2D eigenvalue weighted by molar-refractivity contribution is 7.15. The van der Waals surface area contributed by atoms with Gasteiger partial charge in [0.25, 0.3) is 5.91 Å². The van der Waals surface area contributed by atoms with E-state index in [0.717, 1.165) is 70.3 Å².